The van der Waals surface area contributed by atoms with Crippen molar-refractivity contribution in [3.8, 4) is 0 Å². The summed E-state index contributed by atoms with van der Waals surface area (Å²) in [5, 5.41) is 2.52. The molecule has 0 fully saturated rings. The van der Waals surface area contributed by atoms with E-state index in [1.54, 1.807) is 25.2 Å². The number of hydrogen-bond donors (Lipinski definition) is 1. The fourth-order valence-corrected chi connectivity index (χ4v) is 4.46. The minimum absolute atomic E-state index is 0.0120. The van der Waals surface area contributed by atoms with Gasteiger partial charge in [-0.15, -0.1) is 0 Å². The maximum atomic E-state index is 13.7. The third-order valence-electron chi connectivity index (χ3n) is 5.06. The SMILES string of the molecule is CCNC(=O)N(C)CCCC(=O)c1ccc(/C=C/C(c2cc(Cl)c(Cl)c(Cl)c2)C(F)(F)F)cc1Br. The van der Waals surface area contributed by atoms with Gasteiger partial charge < -0.3 is 10.2 Å². The number of urea groups is 1. The summed E-state index contributed by atoms with van der Waals surface area (Å²) >= 11 is 21.0. The van der Waals surface area contributed by atoms with Gasteiger partial charge in [0.2, 0.25) is 0 Å². The lowest BCUT2D eigenvalue weighted by molar-refractivity contribution is -0.139. The highest BCUT2D eigenvalue weighted by Gasteiger charge is 2.39. The van der Waals surface area contributed by atoms with Crippen molar-refractivity contribution in [1.29, 1.82) is 0 Å². The number of allylic oxidation sites excluding steroid dienone is 1. The number of rotatable bonds is 9. The first-order valence-corrected chi connectivity index (χ1v) is 12.5. The van der Waals surface area contributed by atoms with Gasteiger partial charge in [-0.25, -0.2) is 4.79 Å². The molecule has 0 radical (unpaired) electrons. The number of hydrogen-bond acceptors (Lipinski definition) is 2. The zero-order valence-corrected chi connectivity index (χ0v) is 22.7. The maximum absolute atomic E-state index is 13.7. The van der Waals surface area contributed by atoms with E-state index >= 15 is 0 Å². The van der Waals surface area contributed by atoms with Crippen LogP contribution in [0.15, 0.2) is 40.9 Å². The van der Waals surface area contributed by atoms with E-state index in [0.29, 0.717) is 35.1 Å². The van der Waals surface area contributed by atoms with Gasteiger partial charge in [0.1, 0.15) is 0 Å². The van der Waals surface area contributed by atoms with Gasteiger partial charge in [-0.1, -0.05) is 69.0 Å². The predicted molar refractivity (Wildman–Crippen MR) is 139 cm³/mol. The van der Waals surface area contributed by atoms with Crippen LogP contribution < -0.4 is 5.32 Å². The molecule has 11 heteroatoms. The van der Waals surface area contributed by atoms with E-state index in [1.165, 1.54) is 11.0 Å². The van der Waals surface area contributed by atoms with Gasteiger partial charge in [0.25, 0.3) is 0 Å². The second-order valence-electron chi connectivity index (χ2n) is 7.70. The molecule has 0 saturated carbocycles. The Morgan fingerprint density at radius 3 is 2.31 bits per heavy atom. The van der Waals surface area contributed by atoms with E-state index in [2.05, 4.69) is 21.2 Å². The molecule has 1 unspecified atom stereocenters. The summed E-state index contributed by atoms with van der Waals surface area (Å²) in [5.74, 6) is -2.10. The number of alkyl halides is 3. The molecule has 0 spiro atoms. The summed E-state index contributed by atoms with van der Waals surface area (Å²) in [6, 6.07) is 6.75. The molecule has 2 aromatic carbocycles. The van der Waals surface area contributed by atoms with Crippen LogP contribution in [0, 0.1) is 0 Å². The second kappa shape index (κ2) is 13.0. The van der Waals surface area contributed by atoms with Gasteiger partial charge >= 0.3 is 12.2 Å². The highest BCUT2D eigenvalue weighted by Crippen LogP contribution is 2.41. The average molecular weight is 615 g/mol. The number of carbonyl (C=O) groups is 2. The minimum Gasteiger partial charge on any atom is -0.338 e. The second-order valence-corrected chi connectivity index (χ2v) is 9.75. The van der Waals surface area contributed by atoms with Crippen LogP contribution in [0.25, 0.3) is 6.08 Å². The van der Waals surface area contributed by atoms with Crippen molar-refractivity contribution in [3.05, 3.63) is 72.6 Å². The largest absolute Gasteiger partial charge is 0.399 e. The fraction of sp³-hybridized carbons (Fsp3) is 0.333. The summed E-state index contributed by atoms with van der Waals surface area (Å²) in [6.07, 6.45) is -1.59. The summed E-state index contributed by atoms with van der Waals surface area (Å²) < 4.78 is 41.7. The van der Waals surface area contributed by atoms with Crippen LogP contribution in [-0.4, -0.2) is 43.0 Å². The molecule has 190 valence electrons. The van der Waals surface area contributed by atoms with Crippen LogP contribution >= 0.6 is 50.7 Å². The molecule has 2 amide bonds. The number of Topliss-reactive ketones (excluding diaryl/α,β-unsaturated/α-hetero) is 1. The number of nitrogens with one attached hydrogen (secondary N) is 1. The van der Waals surface area contributed by atoms with Crippen LogP contribution in [0.3, 0.4) is 0 Å². The van der Waals surface area contributed by atoms with Crippen molar-refractivity contribution in [2.75, 3.05) is 20.1 Å². The quantitative estimate of drug-likeness (QED) is 0.228. The van der Waals surface area contributed by atoms with Crippen LogP contribution in [-0.2, 0) is 0 Å². The van der Waals surface area contributed by atoms with Crippen molar-refractivity contribution in [3.63, 3.8) is 0 Å². The Morgan fingerprint density at radius 2 is 1.77 bits per heavy atom. The van der Waals surface area contributed by atoms with E-state index in [1.807, 2.05) is 6.92 Å². The number of carbonyl (C=O) groups excluding carboxylic acids is 2. The topological polar surface area (TPSA) is 49.4 Å². The first-order valence-electron chi connectivity index (χ1n) is 10.6. The molecule has 0 bridgehead atoms. The Bertz CT molecular complexity index is 1090. The molecule has 1 atom stereocenters. The molecular formula is C24H23BrCl3F3N2O2. The standard InChI is InChI=1S/C24H23BrCl3F3N2O2/c1-3-32-23(35)33(2)10-4-5-21(34)16-8-6-14(11-18(16)25)7-9-17(24(29,30)31)15-12-19(26)22(28)20(27)13-15/h6-9,11-13,17H,3-5,10H2,1-2H3,(H,32,35)/b9-7+. The maximum Gasteiger partial charge on any atom is 0.399 e. The van der Waals surface area contributed by atoms with Crippen LogP contribution in [0.4, 0.5) is 18.0 Å². The Labute approximate surface area is 225 Å². The summed E-state index contributed by atoms with van der Waals surface area (Å²) in [7, 11) is 1.65. The number of nitrogens with zero attached hydrogens (tertiary/aromatic N) is 1. The number of benzene rings is 2. The van der Waals surface area contributed by atoms with Crippen LogP contribution in [0.5, 0.6) is 0 Å². The van der Waals surface area contributed by atoms with Crippen LogP contribution in [0.1, 0.15) is 47.2 Å². The Balaban J connectivity index is 2.14. The normalized spacial score (nSPS) is 12.6. The van der Waals surface area contributed by atoms with Gasteiger partial charge in [0, 0.05) is 36.6 Å². The third kappa shape index (κ3) is 8.41. The van der Waals surface area contributed by atoms with Gasteiger partial charge in [0.15, 0.2) is 5.78 Å². The van der Waals surface area contributed by atoms with Gasteiger partial charge in [0.05, 0.1) is 21.0 Å². The molecule has 1 N–H and O–H groups in total. The zero-order chi connectivity index (χ0) is 26.3. The van der Waals surface area contributed by atoms with E-state index in [-0.39, 0.29) is 38.9 Å². The van der Waals surface area contributed by atoms with Crippen molar-refractivity contribution < 1.29 is 22.8 Å². The predicted octanol–water partition coefficient (Wildman–Crippen LogP) is 8.39. The molecule has 0 saturated heterocycles. The number of amides is 2. The molecule has 0 aromatic heterocycles. The third-order valence-corrected chi connectivity index (χ3v) is 6.92. The highest BCUT2D eigenvalue weighted by atomic mass is 79.9. The Hall–Kier alpha value is -1.74. The lowest BCUT2D eigenvalue weighted by Crippen LogP contribution is -2.37. The van der Waals surface area contributed by atoms with Gasteiger partial charge in [-0.2, -0.15) is 13.2 Å². The van der Waals surface area contributed by atoms with E-state index < -0.39 is 12.1 Å². The fourth-order valence-electron chi connectivity index (χ4n) is 3.23. The van der Waals surface area contributed by atoms with Crippen molar-refractivity contribution in [2.24, 2.45) is 0 Å². The van der Waals surface area contributed by atoms with E-state index in [4.69, 9.17) is 34.8 Å². The molecule has 0 aliphatic rings. The first kappa shape index (κ1) is 29.5. The minimum atomic E-state index is -4.59. The first-order chi connectivity index (χ1) is 16.3. The number of halogens is 7. The molecule has 0 aliphatic heterocycles. The van der Waals surface area contributed by atoms with E-state index in [9.17, 15) is 22.8 Å². The molecule has 0 aliphatic carbocycles. The highest BCUT2D eigenvalue weighted by molar-refractivity contribution is 9.10. The molecule has 2 rings (SSSR count). The zero-order valence-electron chi connectivity index (χ0n) is 18.9. The molecule has 35 heavy (non-hydrogen) atoms. The van der Waals surface area contributed by atoms with E-state index in [0.717, 1.165) is 18.2 Å². The summed E-state index contributed by atoms with van der Waals surface area (Å²) in [6.45, 7) is 2.74. The van der Waals surface area contributed by atoms with Crippen molar-refractivity contribution in [1.82, 2.24) is 10.2 Å². The lowest BCUT2D eigenvalue weighted by Gasteiger charge is -2.18. The Morgan fingerprint density at radius 1 is 1.14 bits per heavy atom. The summed E-state index contributed by atoms with van der Waals surface area (Å²) in [5.41, 5.74) is 0.729. The molecule has 2 aromatic rings. The van der Waals surface area contributed by atoms with Gasteiger partial charge in [-0.3, -0.25) is 4.79 Å². The van der Waals surface area contributed by atoms with Crippen LogP contribution in [0.2, 0.25) is 15.1 Å². The van der Waals surface area contributed by atoms with Crippen molar-refractivity contribution in [2.45, 2.75) is 31.9 Å². The smallest absolute Gasteiger partial charge is 0.338 e. The molecular weight excluding hydrogens is 592 g/mol. The molecule has 4 nitrogen and oxygen atoms in total. The molecule has 0 heterocycles. The Kier molecular flexibility index (Phi) is 10.9. The van der Waals surface area contributed by atoms with Gasteiger partial charge in [-0.05, 0) is 48.7 Å². The number of ketones is 1. The lowest BCUT2D eigenvalue weighted by atomic mass is 9.96. The summed E-state index contributed by atoms with van der Waals surface area (Å²) in [4.78, 5) is 25.8. The monoisotopic (exact) mass is 612 g/mol. The average Bonchev–Trinajstić information content (AvgIpc) is 2.76. The van der Waals surface area contributed by atoms with Crippen molar-refractivity contribution >= 4 is 68.6 Å².